The Labute approximate surface area is 124 Å². The highest BCUT2D eigenvalue weighted by Gasteiger charge is 2.18. The van der Waals surface area contributed by atoms with E-state index in [9.17, 15) is 0 Å². The molecule has 1 aromatic heterocycles. The minimum absolute atomic E-state index is 0.202. The third-order valence-corrected chi connectivity index (χ3v) is 3.92. The highest BCUT2D eigenvalue weighted by molar-refractivity contribution is 5.52. The fourth-order valence-corrected chi connectivity index (χ4v) is 2.86. The lowest BCUT2D eigenvalue weighted by Crippen LogP contribution is -2.17. The van der Waals surface area contributed by atoms with Gasteiger partial charge in [0.1, 0.15) is 6.07 Å². The quantitative estimate of drug-likeness (QED) is 0.868. The average molecular weight is 281 g/mol. The summed E-state index contributed by atoms with van der Waals surface area (Å²) in [4.78, 5) is 2.40. The Hall–Kier alpha value is -2.35. The van der Waals surface area contributed by atoms with Gasteiger partial charge in [0.2, 0.25) is 0 Å². The van der Waals surface area contributed by atoms with Gasteiger partial charge in [-0.1, -0.05) is 19.1 Å². The molecule has 0 atom stereocenters. The Morgan fingerprint density at radius 1 is 1.10 bits per heavy atom. The molecule has 1 aliphatic heterocycles. The number of nitrogens with zero attached hydrogens (tertiary/aromatic N) is 5. The lowest BCUT2D eigenvalue weighted by Gasteiger charge is -2.18. The maximum Gasteiger partial charge on any atom is 0.186 e. The molecular formula is C16H19N5. The van der Waals surface area contributed by atoms with E-state index in [0.717, 1.165) is 24.5 Å². The second-order valence-corrected chi connectivity index (χ2v) is 5.71. The third kappa shape index (κ3) is 2.49. The van der Waals surface area contributed by atoms with Gasteiger partial charge in [-0.05, 0) is 43.0 Å². The number of rotatable bonds is 3. The zero-order valence-corrected chi connectivity index (χ0v) is 12.5. The molecule has 0 bridgehead atoms. The average Bonchev–Trinajstić information content (AvgIpc) is 3.16. The van der Waals surface area contributed by atoms with Gasteiger partial charge >= 0.3 is 0 Å². The van der Waals surface area contributed by atoms with E-state index in [2.05, 4.69) is 59.4 Å². The summed E-state index contributed by atoms with van der Waals surface area (Å²) < 4.78 is 1.77. The van der Waals surface area contributed by atoms with Gasteiger partial charge in [0, 0.05) is 18.8 Å². The lowest BCUT2D eigenvalue weighted by atomic mass is 10.1. The summed E-state index contributed by atoms with van der Waals surface area (Å²) in [5.74, 6) is 0.202. The third-order valence-electron chi connectivity index (χ3n) is 3.92. The van der Waals surface area contributed by atoms with Gasteiger partial charge in [-0.25, -0.2) is 4.68 Å². The first-order valence-corrected chi connectivity index (χ1v) is 7.42. The Morgan fingerprint density at radius 3 is 2.29 bits per heavy atom. The first kappa shape index (κ1) is 13.6. The first-order chi connectivity index (χ1) is 10.2. The largest absolute Gasteiger partial charge is 0.372 e. The van der Waals surface area contributed by atoms with Gasteiger partial charge in [-0.15, -0.1) is 5.10 Å². The van der Waals surface area contributed by atoms with Crippen LogP contribution in [0.25, 0.3) is 5.69 Å². The molecule has 5 nitrogen and oxygen atoms in total. The second kappa shape index (κ2) is 5.57. The van der Waals surface area contributed by atoms with Crippen LogP contribution in [-0.4, -0.2) is 28.1 Å². The van der Waals surface area contributed by atoms with Crippen molar-refractivity contribution in [3.05, 3.63) is 35.7 Å². The Morgan fingerprint density at radius 2 is 1.71 bits per heavy atom. The van der Waals surface area contributed by atoms with Gasteiger partial charge in [-0.2, -0.15) is 5.26 Å². The van der Waals surface area contributed by atoms with E-state index in [0.29, 0.717) is 5.69 Å². The second-order valence-electron chi connectivity index (χ2n) is 5.71. The minimum atomic E-state index is 0.202. The van der Waals surface area contributed by atoms with Crippen molar-refractivity contribution in [1.82, 2.24) is 15.0 Å². The van der Waals surface area contributed by atoms with Crippen LogP contribution in [0.4, 0.5) is 5.69 Å². The highest BCUT2D eigenvalue weighted by Crippen LogP contribution is 2.24. The molecule has 0 spiro atoms. The molecule has 1 saturated heterocycles. The van der Waals surface area contributed by atoms with Gasteiger partial charge < -0.3 is 4.90 Å². The van der Waals surface area contributed by atoms with Crippen LogP contribution in [0.5, 0.6) is 0 Å². The number of benzene rings is 1. The summed E-state index contributed by atoms with van der Waals surface area (Å²) >= 11 is 0. The molecule has 0 N–H and O–H groups in total. The van der Waals surface area contributed by atoms with E-state index in [1.165, 1.54) is 18.5 Å². The zero-order chi connectivity index (χ0) is 14.8. The number of aromatic nitrogens is 3. The molecule has 3 rings (SSSR count). The normalized spacial score (nSPS) is 14.7. The summed E-state index contributed by atoms with van der Waals surface area (Å²) in [5.41, 5.74) is 3.48. The van der Waals surface area contributed by atoms with E-state index >= 15 is 0 Å². The van der Waals surface area contributed by atoms with Crippen LogP contribution in [0.1, 0.15) is 44.0 Å². The summed E-state index contributed by atoms with van der Waals surface area (Å²) in [6, 6.07) is 10.5. The first-order valence-electron chi connectivity index (χ1n) is 7.42. The van der Waals surface area contributed by atoms with E-state index in [1.807, 2.05) is 0 Å². The lowest BCUT2D eigenvalue weighted by molar-refractivity contribution is 0.715. The van der Waals surface area contributed by atoms with Gasteiger partial charge in [0.05, 0.1) is 11.4 Å². The monoisotopic (exact) mass is 281 g/mol. The summed E-state index contributed by atoms with van der Waals surface area (Å²) in [7, 11) is 0. The summed E-state index contributed by atoms with van der Waals surface area (Å²) in [6.07, 6.45) is 2.54. The van der Waals surface area contributed by atoms with Crippen LogP contribution in [-0.2, 0) is 0 Å². The van der Waals surface area contributed by atoms with Gasteiger partial charge in [-0.3, -0.25) is 0 Å². The van der Waals surface area contributed by atoms with E-state index in [4.69, 9.17) is 5.26 Å². The van der Waals surface area contributed by atoms with Crippen LogP contribution < -0.4 is 4.90 Å². The molecule has 0 aliphatic carbocycles. The Balaban J connectivity index is 1.94. The standard InChI is InChI=1S/C16H19N5/c1-12(2)16-15(11-17)18-19-21(16)14-7-5-13(6-8-14)20-9-3-4-10-20/h5-8,12H,3-4,9-10H2,1-2H3. The molecule has 5 heteroatoms. The topological polar surface area (TPSA) is 57.7 Å². The number of hydrogen-bond acceptors (Lipinski definition) is 4. The number of hydrogen-bond donors (Lipinski definition) is 0. The molecule has 0 unspecified atom stereocenters. The molecule has 0 amide bonds. The number of nitriles is 1. The maximum absolute atomic E-state index is 9.14. The Bertz CT molecular complexity index is 657. The molecule has 108 valence electrons. The summed E-state index contributed by atoms with van der Waals surface area (Å²) in [6.45, 7) is 6.38. The predicted molar refractivity (Wildman–Crippen MR) is 81.6 cm³/mol. The highest BCUT2D eigenvalue weighted by atomic mass is 15.4. The molecule has 0 radical (unpaired) electrons. The molecule has 0 saturated carbocycles. The van der Waals surface area contributed by atoms with Crippen molar-refractivity contribution in [1.29, 1.82) is 5.26 Å². The van der Waals surface area contributed by atoms with Crippen molar-refractivity contribution < 1.29 is 0 Å². The van der Waals surface area contributed by atoms with Crippen molar-refractivity contribution in [2.45, 2.75) is 32.6 Å². The van der Waals surface area contributed by atoms with E-state index in [-0.39, 0.29) is 5.92 Å². The van der Waals surface area contributed by atoms with Crippen molar-refractivity contribution in [3.8, 4) is 11.8 Å². The predicted octanol–water partition coefficient (Wildman–Crippen LogP) is 2.86. The summed E-state index contributed by atoms with van der Waals surface area (Å²) in [5, 5.41) is 17.3. The smallest absolute Gasteiger partial charge is 0.186 e. The van der Waals surface area contributed by atoms with Crippen molar-refractivity contribution >= 4 is 5.69 Å². The Kier molecular flexibility index (Phi) is 3.61. The molecule has 21 heavy (non-hydrogen) atoms. The van der Waals surface area contributed by atoms with Crippen LogP contribution in [0.2, 0.25) is 0 Å². The number of anilines is 1. The van der Waals surface area contributed by atoms with Crippen LogP contribution in [0.3, 0.4) is 0 Å². The van der Waals surface area contributed by atoms with Crippen molar-refractivity contribution in [2.24, 2.45) is 0 Å². The molecular weight excluding hydrogens is 262 g/mol. The molecule has 1 aromatic carbocycles. The molecule has 2 heterocycles. The minimum Gasteiger partial charge on any atom is -0.372 e. The zero-order valence-electron chi connectivity index (χ0n) is 12.5. The molecule has 1 aliphatic rings. The van der Waals surface area contributed by atoms with Crippen LogP contribution in [0, 0.1) is 11.3 Å². The van der Waals surface area contributed by atoms with Crippen molar-refractivity contribution in [2.75, 3.05) is 18.0 Å². The molecule has 1 fully saturated rings. The van der Waals surface area contributed by atoms with Crippen molar-refractivity contribution in [3.63, 3.8) is 0 Å². The van der Waals surface area contributed by atoms with Gasteiger partial charge in [0.15, 0.2) is 5.69 Å². The fraction of sp³-hybridized carbons (Fsp3) is 0.438. The van der Waals surface area contributed by atoms with E-state index in [1.54, 1.807) is 4.68 Å². The van der Waals surface area contributed by atoms with Crippen LogP contribution >= 0.6 is 0 Å². The molecule has 2 aromatic rings. The maximum atomic E-state index is 9.14. The fourth-order valence-electron chi connectivity index (χ4n) is 2.86. The van der Waals surface area contributed by atoms with Crippen LogP contribution in [0.15, 0.2) is 24.3 Å². The SMILES string of the molecule is CC(C)c1c(C#N)nnn1-c1ccc(N2CCCC2)cc1. The van der Waals surface area contributed by atoms with Gasteiger partial charge in [0.25, 0.3) is 0 Å². The van der Waals surface area contributed by atoms with E-state index < -0.39 is 0 Å².